The Morgan fingerprint density at radius 1 is 1.22 bits per heavy atom. The second kappa shape index (κ2) is 7.15. The van der Waals surface area contributed by atoms with Gasteiger partial charge in [-0.25, -0.2) is 0 Å². The van der Waals surface area contributed by atoms with Crippen LogP contribution in [0.1, 0.15) is 12.8 Å². The van der Waals surface area contributed by atoms with E-state index in [0.717, 1.165) is 16.0 Å². The van der Waals surface area contributed by atoms with Crippen LogP contribution in [-0.4, -0.2) is 16.7 Å². The summed E-state index contributed by atoms with van der Waals surface area (Å²) in [6, 6.07) is 12.8. The van der Waals surface area contributed by atoms with Gasteiger partial charge in [-0.2, -0.15) is 9.71 Å². The molecular weight excluding hydrogens is 314 g/mol. The van der Waals surface area contributed by atoms with Crippen LogP contribution in [-0.2, 0) is 5.75 Å². The molecule has 0 aliphatic heterocycles. The number of aromatic nitrogens is 3. The van der Waals surface area contributed by atoms with Gasteiger partial charge in [-0.1, -0.05) is 17.3 Å². The number of hydrogen-bond donors (Lipinski definition) is 0. The largest absolute Gasteiger partial charge is 0.618 e. The van der Waals surface area contributed by atoms with E-state index in [0.29, 0.717) is 29.1 Å². The van der Waals surface area contributed by atoms with Gasteiger partial charge in [0, 0.05) is 12.1 Å². The number of ether oxygens (including phenoxy) is 1. The van der Waals surface area contributed by atoms with Gasteiger partial charge in [0.05, 0.1) is 17.9 Å². The Balaban J connectivity index is 1.75. The fourth-order valence-electron chi connectivity index (χ4n) is 2.02. The minimum atomic E-state index is 0.427. The van der Waals surface area contributed by atoms with Gasteiger partial charge in [0.1, 0.15) is 5.75 Å². The van der Waals surface area contributed by atoms with E-state index in [1.807, 2.05) is 37.3 Å². The van der Waals surface area contributed by atoms with Crippen LogP contribution in [0.4, 0.5) is 0 Å². The lowest BCUT2D eigenvalue weighted by atomic mass is 10.2. The van der Waals surface area contributed by atoms with Gasteiger partial charge in [0.15, 0.2) is 6.20 Å². The molecule has 2 heterocycles. The predicted octanol–water partition coefficient (Wildman–Crippen LogP) is 3.06. The van der Waals surface area contributed by atoms with E-state index in [9.17, 15) is 5.21 Å². The lowest BCUT2D eigenvalue weighted by molar-refractivity contribution is -0.645. The molecular formula is C16H15N3O3S. The van der Waals surface area contributed by atoms with Crippen molar-refractivity contribution in [3.05, 3.63) is 59.8 Å². The molecule has 2 aromatic heterocycles. The second-order valence-corrected chi connectivity index (χ2v) is 5.59. The molecule has 7 heteroatoms. The van der Waals surface area contributed by atoms with E-state index in [1.54, 1.807) is 12.1 Å². The van der Waals surface area contributed by atoms with Crippen LogP contribution >= 0.6 is 11.8 Å². The van der Waals surface area contributed by atoms with Crippen LogP contribution in [0.3, 0.4) is 0 Å². The molecule has 0 amide bonds. The summed E-state index contributed by atoms with van der Waals surface area (Å²) in [5, 5.41) is 16.2. The highest BCUT2D eigenvalue weighted by molar-refractivity contribution is 7.98. The molecule has 118 valence electrons. The molecule has 0 aliphatic carbocycles. The van der Waals surface area contributed by atoms with E-state index in [1.165, 1.54) is 18.0 Å². The predicted molar refractivity (Wildman–Crippen MR) is 85.9 cm³/mol. The summed E-state index contributed by atoms with van der Waals surface area (Å²) in [6.45, 7) is 2.49. The van der Waals surface area contributed by atoms with Crippen LogP contribution < -0.4 is 9.47 Å². The van der Waals surface area contributed by atoms with E-state index < -0.39 is 0 Å². The number of pyridine rings is 1. The highest BCUT2D eigenvalue weighted by Crippen LogP contribution is 2.28. The first-order chi connectivity index (χ1) is 11.3. The number of nitrogens with zero attached hydrogens (tertiary/aromatic N) is 3. The zero-order valence-electron chi connectivity index (χ0n) is 12.5. The van der Waals surface area contributed by atoms with E-state index >= 15 is 0 Å². The quantitative estimate of drug-likeness (QED) is 0.393. The zero-order chi connectivity index (χ0) is 16.1. The maximum atomic E-state index is 11.6. The minimum Gasteiger partial charge on any atom is -0.618 e. The van der Waals surface area contributed by atoms with E-state index in [4.69, 9.17) is 9.26 Å². The molecule has 0 bridgehead atoms. The van der Waals surface area contributed by atoms with E-state index in [-0.39, 0.29) is 0 Å². The number of benzene rings is 1. The average molecular weight is 329 g/mol. The van der Waals surface area contributed by atoms with Gasteiger partial charge < -0.3 is 14.5 Å². The van der Waals surface area contributed by atoms with Crippen LogP contribution in [0.25, 0.3) is 11.4 Å². The summed E-state index contributed by atoms with van der Waals surface area (Å²) >= 11 is 1.35. The third kappa shape index (κ3) is 3.62. The summed E-state index contributed by atoms with van der Waals surface area (Å²) in [7, 11) is 0. The third-order valence-electron chi connectivity index (χ3n) is 3.03. The summed E-state index contributed by atoms with van der Waals surface area (Å²) in [4.78, 5) is 4.38. The molecule has 3 aromatic rings. The molecule has 1 aromatic carbocycles. The van der Waals surface area contributed by atoms with Crippen molar-refractivity contribution >= 4 is 11.8 Å². The normalized spacial score (nSPS) is 10.7. The Kier molecular flexibility index (Phi) is 4.77. The van der Waals surface area contributed by atoms with E-state index in [2.05, 4.69) is 10.1 Å². The van der Waals surface area contributed by atoms with Crippen molar-refractivity contribution in [2.75, 3.05) is 6.61 Å². The molecule has 0 aliphatic rings. The summed E-state index contributed by atoms with van der Waals surface area (Å²) in [5.41, 5.74) is 0.785. The standard InChI is InChI=1S/C16H15N3O3S/c1-2-21-13-8-4-3-7-12(13)16-17-14(22-18-16)11-23-15-9-5-6-10-19(15)20/h3-10H,2,11H2,1H3. The SMILES string of the molecule is CCOc1ccccc1-c1noc(CSc2cccc[n+]2[O-])n1. The van der Waals surface area contributed by atoms with Gasteiger partial charge in [-0.15, -0.1) is 0 Å². The molecule has 0 N–H and O–H groups in total. The Morgan fingerprint density at radius 3 is 2.87 bits per heavy atom. The monoisotopic (exact) mass is 329 g/mol. The van der Waals surface area contributed by atoms with Crippen molar-refractivity contribution in [2.45, 2.75) is 17.7 Å². The summed E-state index contributed by atoms with van der Waals surface area (Å²) < 4.78 is 11.7. The Bertz CT molecular complexity index is 792. The molecule has 0 saturated carbocycles. The van der Waals surface area contributed by atoms with Gasteiger partial charge in [-0.05, 0) is 36.9 Å². The Morgan fingerprint density at radius 2 is 2.04 bits per heavy atom. The van der Waals surface area contributed by atoms with Gasteiger partial charge in [0.25, 0.3) is 5.03 Å². The van der Waals surface area contributed by atoms with Crippen molar-refractivity contribution < 1.29 is 14.0 Å². The highest BCUT2D eigenvalue weighted by Gasteiger charge is 2.14. The average Bonchev–Trinajstić information content (AvgIpc) is 3.04. The lowest BCUT2D eigenvalue weighted by Gasteiger charge is -2.05. The summed E-state index contributed by atoms with van der Waals surface area (Å²) in [6.07, 6.45) is 1.46. The van der Waals surface area contributed by atoms with Gasteiger partial charge >= 0.3 is 0 Å². The minimum absolute atomic E-state index is 0.427. The first-order valence-electron chi connectivity index (χ1n) is 7.13. The van der Waals surface area contributed by atoms with Gasteiger partial charge in [-0.3, -0.25) is 0 Å². The summed E-state index contributed by atoms with van der Waals surface area (Å²) in [5.74, 6) is 2.08. The van der Waals surface area contributed by atoms with Crippen LogP contribution in [0.2, 0.25) is 0 Å². The lowest BCUT2D eigenvalue weighted by Crippen LogP contribution is -2.27. The smallest absolute Gasteiger partial charge is 0.251 e. The Labute approximate surface area is 137 Å². The number of thioether (sulfide) groups is 1. The number of hydrogen-bond acceptors (Lipinski definition) is 6. The van der Waals surface area contributed by atoms with Crippen LogP contribution in [0.15, 0.2) is 58.2 Å². The van der Waals surface area contributed by atoms with Crippen LogP contribution in [0, 0.1) is 5.21 Å². The third-order valence-corrected chi connectivity index (χ3v) is 4.03. The fourth-order valence-corrected chi connectivity index (χ4v) is 2.77. The van der Waals surface area contributed by atoms with Crippen molar-refractivity contribution in [2.24, 2.45) is 0 Å². The van der Waals surface area contributed by atoms with Crippen molar-refractivity contribution in [1.29, 1.82) is 0 Å². The number of rotatable bonds is 6. The Hall–Kier alpha value is -2.54. The molecule has 0 saturated heterocycles. The molecule has 0 atom stereocenters. The molecule has 3 rings (SSSR count). The molecule has 0 fully saturated rings. The van der Waals surface area contributed by atoms with Crippen molar-refractivity contribution in [1.82, 2.24) is 10.1 Å². The number of para-hydroxylation sites is 1. The van der Waals surface area contributed by atoms with Crippen molar-refractivity contribution in [3.63, 3.8) is 0 Å². The molecule has 0 spiro atoms. The maximum Gasteiger partial charge on any atom is 0.251 e. The topological polar surface area (TPSA) is 75.1 Å². The molecule has 23 heavy (non-hydrogen) atoms. The first kappa shape index (κ1) is 15.4. The van der Waals surface area contributed by atoms with Crippen LogP contribution in [0.5, 0.6) is 5.75 Å². The van der Waals surface area contributed by atoms with Gasteiger partial charge in [0.2, 0.25) is 11.7 Å². The fraction of sp³-hybridized carbons (Fsp3) is 0.188. The first-order valence-corrected chi connectivity index (χ1v) is 8.12. The maximum absolute atomic E-state index is 11.6. The second-order valence-electron chi connectivity index (χ2n) is 4.59. The van der Waals surface area contributed by atoms with Crippen molar-refractivity contribution in [3.8, 4) is 17.1 Å². The highest BCUT2D eigenvalue weighted by atomic mass is 32.2. The zero-order valence-corrected chi connectivity index (χ0v) is 13.3. The molecule has 0 radical (unpaired) electrons. The molecule has 6 nitrogen and oxygen atoms in total. The molecule has 0 unspecified atom stereocenters.